The summed E-state index contributed by atoms with van der Waals surface area (Å²) >= 11 is 0. The minimum atomic E-state index is -4.75. The van der Waals surface area contributed by atoms with Crippen molar-refractivity contribution in [3.8, 4) is 0 Å². The van der Waals surface area contributed by atoms with Gasteiger partial charge >= 0.3 is 6.18 Å². The lowest BCUT2D eigenvalue weighted by molar-refractivity contribution is -0.106. The molecule has 0 aromatic heterocycles. The van der Waals surface area contributed by atoms with E-state index in [2.05, 4.69) is 0 Å². The Morgan fingerprint density at radius 3 is 2.25 bits per heavy atom. The molecule has 16 heavy (non-hydrogen) atoms. The van der Waals surface area contributed by atoms with Crippen LogP contribution in [0, 0.1) is 0 Å². The van der Waals surface area contributed by atoms with Crippen LogP contribution in [0.2, 0.25) is 0 Å². The first-order chi connectivity index (χ1) is 7.26. The fourth-order valence-corrected chi connectivity index (χ4v) is 2.69. The zero-order valence-electron chi connectivity index (χ0n) is 8.16. The highest BCUT2D eigenvalue weighted by Crippen LogP contribution is 2.24. The van der Waals surface area contributed by atoms with Crippen LogP contribution < -0.4 is 5.73 Å². The Labute approximate surface area is 91.0 Å². The molecule has 0 fully saturated rings. The second-order valence-electron chi connectivity index (χ2n) is 3.19. The Morgan fingerprint density at radius 2 is 1.75 bits per heavy atom. The van der Waals surface area contributed by atoms with E-state index in [0.717, 1.165) is 6.07 Å². The fourth-order valence-electron chi connectivity index (χ4n) is 1.27. The Bertz CT molecular complexity index is 468. The number of alkyl halides is 3. The molecule has 7 heteroatoms. The summed E-state index contributed by atoms with van der Waals surface area (Å²) in [5.74, 6) is -1.86. The number of halogens is 3. The molecule has 0 saturated carbocycles. The molecule has 0 unspecified atom stereocenters. The van der Waals surface area contributed by atoms with Gasteiger partial charge in [0, 0.05) is 6.54 Å². The van der Waals surface area contributed by atoms with Crippen molar-refractivity contribution in [2.24, 2.45) is 5.73 Å². The van der Waals surface area contributed by atoms with Crippen LogP contribution in [0.3, 0.4) is 0 Å². The van der Waals surface area contributed by atoms with Gasteiger partial charge in [-0.1, -0.05) is 18.2 Å². The number of hydrogen-bond acceptors (Lipinski definition) is 3. The Kier molecular flexibility index (Phi) is 3.59. The van der Waals surface area contributed by atoms with E-state index in [0.29, 0.717) is 0 Å². The predicted molar refractivity (Wildman–Crippen MR) is 52.4 cm³/mol. The highest BCUT2D eigenvalue weighted by atomic mass is 32.2. The van der Waals surface area contributed by atoms with E-state index in [1.54, 1.807) is 0 Å². The molecule has 1 aromatic rings. The molecule has 3 nitrogen and oxygen atoms in total. The third-order valence-corrected chi connectivity index (χ3v) is 3.66. The van der Waals surface area contributed by atoms with E-state index in [1.807, 2.05) is 0 Å². The zero-order chi connectivity index (χ0) is 12.4. The number of rotatable bonds is 3. The first kappa shape index (κ1) is 13.0. The quantitative estimate of drug-likeness (QED) is 0.887. The molecule has 90 valence electrons. The molecule has 0 spiro atoms. The summed E-state index contributed by atoms with van der Waals surface area (Å²) in [6, 6.07) is 5.41. The van der Waals surface area contributed by atoms with Gasteiger partial charge in [-0.25, -0.2) is 8.42 Å². The number of nitrogens with two attached hydrogens (primary N) is 1. The molecular formula is C9H10F3NO2S. The van der Waals surface area contributed by atoms with Gasteiger partial charge in [0.15, 0.2) is 15.6 Å². The van der Waals surface area contributed by atoms with Crippen molar-refractivity contribution < 1.29 is 21.6 Å². The summed E-state index contributed by atoms with van der Waals surface area (Å²) in [7, 11) is -4.37. The molecule has 0 amide bonds. The maximum atomic E-state index is 12.1. The second-order valence-corrected chi connectivity index (χ2v) is 5.14. The first-order valence-electron chi connectivity index (χ1n) is 4.34. The summed E-state index contributed by atoms with van der Waals surface area (Å²) in [4.78, 5) is -0.352. The van der Waals surface area contributed by atoms with Crippen molar-refractivity contribution in [3.63, 3.8) is 0 Å². The monoisotopic (exact) mass is 253 g/mol. The zero-order valence-corrected chi connectivity index (χ0v) is 8.98. The third kappa shape index (κ3) is 3.21. The van der Waals surface area contributed by atoms with Gasteiger partial charge in [0.1, 0.15) is 0 Å². The molecule has 1 aromatic carbocycles. The molecule has 0 saturated heterocycles. The van der Waals surface area contributed by atoms with Gasteiger partial charge in [0.05, 0.1) is 4.90 Å². The Morgan fingerprint density at radius 1 is 1.19 bits per heavy atom. The number of sulfone groups is 1. The second kappa shape index (κ2) is 4.42. The summed E-state index contributed by atoms with van der Waals surface area (Å²) in [6.45, 7) is -0.118. The molecule has 0 aliphatic heterocycles. The van der Waals surface area contributed by atoms with Crippen LogP contribution in [0.25, 0.3) is 0 Å². The van der Waals surface area contributed by atoms with E-state index in [9.17, 15) is 21.6 Å². The van der Waals surface area contributed by atoms with Crippen molar-refractivity contribution in [3.05, 3.63) is 29.8 Å². The number of hydrogen-bond donors (Lipinski definition) is 1. The van der Waals surface area contributed by atoms with Gasteiger partial charge in [0.2, 0.25) is 0 Å². The average molecular weight is 253 g/mol. The largest absolute Gasteiger partial charge is 0.403 e. The fraction of sp³-hybridized carbons (Fsp3) is 0.333. The lowest BCUT2D eigenvalue weighted by Crippen LogP contribution is -2.24. The van der Waals surface area contributed by atoms with Crippen LogP contribution >= 0.6 is 0 Å². The number of benzene rings is 1. The van der Waals surface area contributed by atoms with Gasteiger partial charge in [-0.2, -0.15) is 13.2 Å². The predicted octanol–water partition coefficient (Wildman–Crippen LogP) is 1.48. The van der Waals surface area contributed by atoms with E-state index in [4.69, 9.17) is 5.73 Å². The molecule has 0 bridgehead atoms. The van der Waals surface area contributed by atoms with Crippen LogP contribution in [-0.4, -0.2) is 20.3 Å². The topological polar surface area (TPSA) is 60.2 Å². The van der Waals surface area contributed by atoms with Crippen molar-refractivity contribution in [2.45, 2.75) is 17.6 Å². The molecule has 0 aliphatic carbocycles. The van der Waals surface area contributed by atoms with Gasteiger partial charge in [-0.3, -0.25) is 0 Å². The summed E-state index contributed by atoms with van der Waals surface area (Å²) in [5.41, 5.74) is 5.45. The maximum absolute atomic E-state index is 12.1. The minimum absolute atomic E-state index is 0.118. The van der Waals surface area contributed by atoms with Gasteiger partial charge in [-0.15, -0.1) is 0 Å². The molecule has 0 heterocycles. The molecule has 1 rings (SSSR count). The van der Waals surface area contributed by atoms with Gasteiger partial charge in [0.25, 0.3) is 0 Å². The van der Waals surface area contributed by atoms with E-state index >= 15 is 0 Å². The lowest BCUT2D eigenvalue weighted by atomic mass is 10.2. The van der Waals surface area contributed by atoms with Crippen LogP contribution in [0.15, 0.2) is 29.2 Å². The van der Waals surface area contributed by atoms with Crippen molar-refractivity contribution in [2.75, 3.05) is 5.75 Å². The highest BCUT2D eigenvalue weighted by molar-refractivity contribution is 7.91. The first-order valence-corrected chi connectivity index (χ1v) is 5.99. The molecule has 0 atom stereocenters. The van der Waals surface area contributed by atoms with Crippen molar-refractivity contribution >= 4 is 9.84 Å². The van der Waals surface area contributed by atoms with Gasteiger partial charge < -0.3 is 5.73 Å². The van der Waals surface area contributed by atoms with E-state index in [1.165, 1.54) is 18.2 Å². The summed E-state index contributed by atoms with van der Waals surface area (Å²) in [5, 5.41) is 0. The molecule has 0 radical (unpaired) electrons. The van der Waals surface area contributed by atoms with E-state index in [-0.39, 0.29) is 17.0 Å². The lowest BCUT2D eigenvalue weighted by Gasteiger charge is -2.10. The summed E-state index contributed by atoms with van der Waals surface area (Å²) < 4.78 is 59.1. The Hall–Kier alpha value is -1.08. The minimum Gasteiger partial charge on any atom is -0.326 e. The van der Waals surface area contributed by atoms with Crippen LogP contribution in [0.1, 0.15) is 5.56 Å². The standard InChI is InChI=1S/C9H10F3NO2S/c10-9(11,12)6-16(14,15)8-4-2-1-3-7(8)5-13/h1-4H,5-6,13H2. The molecule has 0 aliphatic rings. The highest BCUT2D eigenvalue weighted by Gasteiger charge is 2.36. The van der Waals surface area contributed by atoms with Crippen molar-refractivity contribution in [1.82, 2.24) is 0 Å². The van der Waals surface area contributed by atoms with Crippen LogP contribution in [0.4, 0.5) is 13.2 Å². The van der Waals surface area contributed by atoms with Crippen molar-refractivity contribution in [1.29, 1.82) is 0 Å². The van der Waals surface area contributed by atoms with Crippen LogP contribution in [-0.2, 0) is 16.4 Å². The average Bonchev–Trinajstić information content (AvgIpc) is 2.14. The Balaban J connectivity index is 3.17. The smallest absolute Gasteiger partial charge is 0.326 e. The van der Waals surface area contributed by atoms with E-state index < -0.39 is 21.8 Å². The molecular weight excluding hydrogens is 243 g/mol. The van der Waals surface area contributed by atoms with Crippen LogP contribution in [0.5, 0.6) is 0 Å². The normalized spacial score (nSPS) is 12.8. The summed E-state index contributed by atoms with van der Waals surface area (Å²) in [6.07, 6.45) is -4.75. The molecule has 2 N–H and O–H groups in total. The third-order valence-electron chi connectivity index (χ3n) is 1.88. The maximum Gasteiger partial charge on any atom is 0.403 e. The van der Waals surface area contributed by atoms with Gasteiger partial charge in [-0.05, 0) is 11.6 Å². The SMILES string of the molecule is NCc1ccccc1S(=O)(=O)CC(F)(F)F.